The van der Waals surface area contributed by atoms with Gasteiger partial charge in [0, 0.05) is 54.4 Å². The summed E-state index contributed by atoms with van der Waals surface area (Å²) in [4.78, 5) is 55.6. The maximum atomic E-state index is 13.1. The van der Waals surface area contributed by atoms with Crippen molar-refractivity contribution in [2.45, 2.75) is 298 Å². The normalized spacial score (nSPS) is 13.9. The van der Waals surface area contributed by atoms with E-state index < -0.39 is 192 Å². The summed E-state index contributed by atoms with van der Waals surface area (Å²) >= 11 is 0. The minimum absolute atomic E-state index is 0. The molecule has 0 heterocycles. The number of ether oxygens (including phenoxy) is 4. The summed E-state index contributed by atoms with van der Waals surface area (Å²) in [5, 5.41) is 0.890. The van der Waals surface area contributed by atoms with E-state index in [1.165, 1.54) is 99.2 Å². The second kappa shape index (κ2) is 63.6. The highest BCUT2D eigenvalue weighted by Gasteiger charge is 2.47. The molecule has 29 nitrogen and oxygen atoms in total. The van der Waals surface area contributed by atoms with Gasteiger partial charge in [0.25, 0.3) is 0 Å². The van der Waals surface area contributed by atoms with Crippen LogP contribution in [-0.4, -0.2) is 268 Å². The van der Waals surface area contributed by atoms with Crippen LogP contribution in [0.15, 0.2) is 245 Å². The molecular weight excluding hydrogens is 2170 g/mol. The van der Waals surface area contributed by atoms with Gasteiger partial charge >= 0.3 is 66.7 Å². The Kier molecular flexibility index (Phi) is 63.5. The van der Waals surface area contributed by atoms with E-state index in [0.29, 0.717) is 19.6 Å². The molecular formula is C102H190N4O25S4Si13. The smallest absolute Gasteiger partial charge is 0.350 e. The van der Waals surface area contributed by atoms with Gasteiger partial charge in [0.1, 0.15) is 0 Å². The number of likely N-dealkylation sites (N-methyl/N-ethyl adjacent to an activating group) is 2. The summed E-state index contributed by atoms with van der Waals surface area (Å²) in [6, 6.07) is 30.1. The second-order valence-electron chi connectivity index (χ2n) is 43.7. The van der Waals surface area contributed by atoms with Crippen molar-refractivity contribution in [1.82, 2.24) is 19.6 Å². The largest absolute Gasteiger partial charge is 0.465 e. The van der Waals surface area contributed by atoms with Gasteiger partial charge in [-0.15, -0.1) is 0 Å². The first-order valence-corrected chi connectivity index (χ1v) is 93.9. The van der Waals surface area contributed by atoms with E-state index in [4.69, 9.17) is 56.0 Å². The first kappa shape index (κ1) is 148. The van der Waals surface area contributed by atoms with E-state index in [1.54, 1.807) is 111 Å². The van der Waals surface area contributed by atoms with Crippen LogP contribution in [0.2, 0.25) is 208 Å². The molecule has 1 unspecified atom stereocenters. The highest BCUT2D eigenvalue weighted by atomic mass is 32.2. The zero-order valence-electron chi connectivity index (χ0n) is 93.9. The average Bonchev–Trinajstić information content (AvgIpc) is 0.806. The van der Waals surface area contributed by atoms with Gasteiger partial charge in [-0.2, -0.15) is 0 Å². The van der Waals surface area contributed by atoms with Crippen LogP contribution in [0.4, 0.5) is 0 Å². The summed E-state index contributed by atoms with van der Waals surface area (Å²) in [5.41, 5.74) is 3.93. The van der Waals surface area contributed by atoms with Crippen molar-refractivity contribution in [3.05, 3.63) is 237 Å². The van der Waals surface area contributed by atoms with E-state index in [2.05, 4.69) is 209 Å². The van der Waals surface area contributed by atoms with Crippen molar-refractivity contribution in [3.63, 3.8) is 0 Å². The van der Waals surface area contributed by atoms with Gasteiger partial charge in [0.2, 0.25) is 39.3 Å². The molecule has 4 aromatic carbocycles. The Balaban J connectivity index is -0.000000927. The van der Waals surface area contributed by atoms with Crippen molar-refractivity contribution >= 4 is 173 Å². The Bertz CT molecular complexity index is 5520. The number of aryl methyl sites for hydroxylation is 2. The van der Waals surface area contributed by atoms with Crippen molar-refractivity contribution < 1.29 is 109 Å². The zero-order chi connectivity index (χ0) is 111. The lowest BCUT2D eigenvalue weighted by Crippen LogP contribution is -2.56. The number of carbonyl (C=O) groups is 4. The molecule has 148 heavy (non-hydrogen) atoms. The van der Waals surface area contributed by atoms with Gasteiger partial charge in [-0.25, -0.2) is 52.8 Å². The fourth-order valence-electron chi connectivity index (χ4n) is 14.5. The molecule has 0 aliphatic rings. The fourth-order valence-corrected chi connectivity index (χ4v) is 73.1. The molecule has 4 rings (SSSR count). The summed E-state index contributed by atoms with van der Waals surface area (Å²) in [5.74, 6) is -3.57. The summed E-state index contributed by atoms with van der Waals surface area (Å²) in [6.07, 6.45) is 22.0. The van der Waals surface area contributed by atoms with Gasteiger partial charge < -0.3 is 75.6 Å². The molecule has 0 aromatic heterocycles. The van der Waals surface area contributed by atoms with Crippen LogP contribution in [0, 0.1) is 13.8 Å². The van der Waals surface area contributed by atoms with Crippen molar-refractivity contribution in [1.29, 1.82) is 0 Å². The number of allylic oxidation sites excluding steroid dienone is 8. The SMILES string of the molecule is C.C.C.C.C=C(CN(C)/C=C/C=C(\C(=O)OCC)S(=O)(=O)c1ccccc1)[Si](C)(O[Si](C)(C)C)O[Si](C)(C)C.CCOC(=O)/C(=C\C=C\N(C)C/C=C/[Si](C)(O[Si](C)(C)C)O[Si](C)(C)C)S(=O)(=O)c1ccccc1.COC(=O)/C(=C\C=C\N(C)CCC[Si](C)(O[Si](C)(C)C)O[Si](C)(C)C)S(=O)(=O)c1ccc(C)cc1.COC(=O)/C(=C\C=C\N(C)CCC[Si](C)(O[Si](C)(C)C)O[Si](C)(C)O[Si](C)(C)C)S(=O)(=O)c1ccc(C)cc1. The van der Waals surface area contributed by atoms with E-state index >= 15 is 0 Å². The number of benzene rings is 4. The monoisotopic (exact) mass is 2360 g/mol. The standard InChI is InChI=1S/C26H49NO7SSi4.C24H43NO6SSi3.2C24H41NO6SSi3.4CH4/c1-23-16-18-24(19-17-23)35(29,30)25(26(28)31-3)15-13-20-27(2)21-14-22-39(12,33-37(7,8)9)34-38(10,11)32-36(4,5)6;1-21-14-16-22(17-15-21)32(27,28)23(24(26)29-3)13-11-18-25(2)19-12-20-35(10,30-33(4,5)6)31-34(7,8)9;1-11-29-24(26)23(32(27,28)22-16-13-12-14-17-22)18-15-19-25(3)20-21(2)35(10,30-33(4,5)6)31-34(7,8)9;1-10-29-24(26)23(32(27,28)22-16-12-11-13-17-22)18-14-19-25(2)20-15-21-35(9,30-33(3,4)5)31-34(6,7)8;;;;/h13,15-20H,14,21-22H2,1-12H3;11,13-18H,12,19-20H2,1-10H3;12-19H,2,11,20H2,1,3-10H3;11-19,21H,10,20H2,1-9H3;4*1H4/b20-13+,25-15+;18-11+,23-13+;19-15+,23-18+;19-14+,21-15+,23-18+;;;;. The molecule has 1 atom stereocenters. The number of nitrogens with zero attached hydrogens (tertiary/aromatic N) is 4. The first-order valence-electron chi connectivity index (χ1n) is 48.1. The van der Waals surface area contributed by atoms with Crippen LogP contribution in [0.3, 0.4) is 0 Å². The molecule has 0 aliphatic carbocycles. The third-order valence-corrected chi connectivity index (χ3v) is 67.5. The summed E-state index contributed by atoms with van der Waals surface area (Å²) < 4.78 is 183. The molecule has 0 saturated carbocycles. The molecule has 4 aromatic rings. The van der Waals surface area contributed by atoms with Crippen LogP contribution in [0.25, 0.3) is 0 Å². The van der Waals surface area contributed by atoms with Gasteiger partial charge in [-0.05, 0) is 382 Å². The molecule has 0 aliphatic heterocycles. The number of hydrogen-bond donors (Lipinski definition) is 0. The first-order chi connectivity index (χ1) is 65.4. The van der Waals surface area contributed by atoms with Crippen molar-refractivity contribution in [3.8, 4) is 0 Å². The number of rotatable bonds is 54. The van der Waals surface area contributed by atoms with E-state index in [-0.39, 0.29) is 62.5 Å². The van der Waals surface area contributed by atoms with Crippen LogP contribution < -0.4 is 0 Å². The van der Waals surface area contributed by atoms with Crippen LogP contribution in [0.5, 0.6) is 0 Å². The molecule has 0 amide bonds. The molecule has 0 fully saturated rings. The van der Waals surface area contributed by atoms with E-state index in [0.717, 1.165) is 47.8 Å². The molecule has 0 saturated heterocycles. The maximum Gasteiger partial charge on any atom is 0.350 e. The molecule has 0 N–H and O–H groups in total. The number of esters is 4. The lowest BCUT2D eigenvalue weighted by atomic mass is 10.2. The second-order valence-corrected chi connectivity index (χ2v) is 106. The lowest BCUT2D eigenvalue weighted by Gasteiger charge is -2.41. The molecule has 46 heteroatoms. The Labute approximate surface area is 910 Å². The average molecular weight is 2370 g/mol. The number of methoxy groups -OCH3 is 2. The Hall–Kier alpha value is -6.38. The highest BCUT2D eigenvalue weighted by Crippen LogP contribution is 2.34. The third kappa shape index (κ3) is 59.3. The minimum Gasteiger partial charge on any atom is -0.465 e. The van der Waals surface area contributed by atoms with Crippen molar-refractivity contribution in [2.24, 2.45) is 0 Å². The molecule has 0 spiro atoms. The predicted octanol–water partition coefficient (Wildman–Crippen LogP) is 24.6. The fraction of sp³-hybridized carbons (Fsp3) is 0.529. The highest BCUT2D eigenvalue weighted by molar-refractivity contribution is 7.97. The van der Waals surface area contributed by atoms with Crippen molar-refractivity contribution in [2.75, 3.05) is 81.8 Å². The van der Waals surface area contributed by atoms with Gasteiger partial charge in [0.15, 0.2) is 86.2 Å². The van der Waals surface area contributed by atoms with Gasteiger partial charge in [-0.3, -0.25) is 0 Å². The zero-order valence-corrected chi connectivity index (χ0v) is 110. The predicted molar refractivity (Wildman–Crippen MR) is 645 cm³/mol. The number of hydrogen-bond acceptors (Lipinski definition) is 29. The quantitative estimate of drug-likeness (QED) is 0.0130. The Morgan fingerprint density at radius 2 is 0.588 bits per heavy atom. The molecule has 844 valence electrons. The minimum atomic E-state index is -4.03. The van der Waals surface area contributed by atoms with Gasteiger partial charge in [0.05, 0.1) is 47.0 Å². The Morgan fingerprint density at radius 1 is 0.331 bits per heavy atom. The summed E-state index contributed by atoms with van der Waals surface area (Å²) in [7, 11) is -33.0. The van der Waals surface area contributed by atoms with Crippen LogP contribution >= 0.6 is 0 Å². The Morgan fingerprint density at radius 3 is 0.858 bits per heavy atom. The number of carbonyl (C=O) groups excluding carboxylic acids is 4. The third-order valence-electron chi connectivity index (χ3n) is 18.8. The molecule has 0 bridgehead atoms. The van der Waals surface area contributed by atoms with Crippen LogP contribution in [0.1, 0.15) is 67.5 Å². The topological polar surface area (TPSA) is 338 Å². The van der Waals surface area contributed by atoms with Crippen LogP contribution in [-0.2, 0) is 115 Å². The van der Waals surface area contributed by atoms with Gasteiger partial charge in [-0.1, -0.05) is 114 Å². The van der Waals surface area contributed by atoms with E-state index in [1.807, 2.05) is 67.7 Å². The maximum absolute atomic E-state index is 13.1. The molecule has 0 radical (unpaired) electrons. The van der Waals surface area contributed by atoms with E-state index in [9.17, 15) is 52.8 Å². The summed E-state index contributed by atoms with van der Waals surface area (Å²) in [6.45, 7) is 78.6. The number of sulfone groups is 4. The lowest BCUT2D eigenvalue weighted by molar-refractivity contribution is -0.138.